The topological polar surface area (TPSA) is 178 Å². The van der Waals surface area contributed by atoms with Crippen molar-refractivity contribution in [3.05, 3.63) is 70.1 Å². The summed E-state index contributed by atoms with van der Waals surface area (Å²) in [5.41, 5.74) is 12.9. The monoisotopic (exact) mass is 533 g/mol. The smallest absolute Gasteiger partial charge is 0.316 e. The number of amidine groups is 1. The van der Waals surface area contributed by atoms with E-state index in [4.69, 9.17) is 21.6 Å². The second-order valence-corrected chi connectivity index (χ2v) is 10.5. The molecule has 0 radical (unpaired) electrons. The molecule has 0 fully saturated rings. The van der Waals surface area contributed by atoms with Crippen LogP contribution in [0.5, 0.6) is 5.75 Å². The number of carbonyl (C=O) groups excluding carboxylic acids is 2. The van der Waals surface area contributed by atoms with Gasteiger partial charge in [-0.25, -0.2) is 4.98 Å². The van der Waals surface area contributed by atoms with Gasteiger partial charge in [-0.05, 0) is 52.3 Å². The lowest BCUT2D eigenvalue weighted by atomic mass is 9.97. The number of benzene rings is 2. The van der Waals surface area contributed by atoms with E-state index >= 15 is 0 Å². The average molecular weight is 534 g/mol. The average Bonchev–Trinajstić information content (AvgIpc) is 2.84. The Labute approximate surface area is 227 Å². The zero-order valence-electron chi connectivity index (χ0n) is 22.8. The van der Waals surface area contributed by atoms with Crippen LogP contribution in [0.1, 0.15) is 45.7 Å². The fourth-order valence-corrected chi connectivity index (χ4v) is 3.54. The molecule has 1 heterocycles. The number of ether oxygens (including phenoxy) is 1. The molecule has 11 heteroatoms. The van der Waals surface area contributed by atoms with E-state index in [2.05, 4.69) is 15.6 Å². The molecular formula is C28H35N7O4. The van der Waals surface area contributed by atoms with Crippen molar-refractivity contribution in [1.82, 2.24) is 14.9 Å². The number of aromatic nitrogens is 2. The predicted molar refractivity (Wildman–Crippen MR) is 151 cm³/mol. The fourth-order valence-electron chi connectivity index (χ4n) is 3.54. The summed E-state index contributed by atoms with van der Waals surface area (Å²) in [6.07, 6.45) is 1.48. The van der Waals surface area contributed by atoms with E-state index in [-0.39, 0.29) is 36.5 Å². The Bertz CT molecular complexity index is 1440. The minimum absolute atomic E-state index is 0.0427. The molecule has 0 aliphatic carbocycles. The maximum absolute atomic E-state index is 13.4. The molecule has 206 valence electrons. The lowest BCUT2D eigenvalue weighted by Gasteiger charge is -2.18. The summed E-state index contributed by atoms with van der Waals surface area (Å²) in [7, 11) is 0. The van der Waals surface area contributed by atoms with Gasteiger partial charge in [0.25, 0.3) is 5.56 Å². The molecule has 0 saturated heterocycles. The van der Waals surface area contributed by atoms with Crippen LogP contribution in [0.4, 0.5) is 11.5 Å². The van der Waals surface area contributed by atoms with Gasteiger partial charge >= 0.3 is 5.97 Å². The van der Waals surface area contributed by atoms with E-state index < -0.39 is 22.9 Å². The lowest BCUT2D eigenvalue weighted by molar-refractivity contribution is -0.143. The van der Waals surface area contributed by atoms with Crippen molar-refractivity contribution in [1.29, 1.82) is 5.41 Å². The summed E-state index contributed by atoms with van der Waals surface area (Å²) in [6.45, 7) is 8.88. The number of nitrogens with two attached hydrogens (primary N) is 2. The molecule has 11 nitrogen and oxygen atoms in total. The number of hydrogen-bond acceptors (Lipinski definition) is 8. The van der Waals surface area contributed by atoms with Crippen LogP contribution in [0, 0.1) is 10.8 Å². The number of nitrogens with zero attached hydrogens (tertiary/aromatic N) is 2. The third kappa shape index (κ3) is 7.67. The highest BCUT2D eigenvalue weighted by Crippen LogP contribution is 2.28. The van der Waals surface area contributed by atoms with Crippen LogP contribution < -0.4 is 32.4 Å². The molecule has 0 bridgehead atoms. The molecule has 0 atom stereocenters. The normalized spacial score (nSPS) is 11.2. The summed E-state index contributed by atoms with van der Waals surface area (Å²) in [6, 6.07) is 11.6. The van der Waals surface area contributed by atoms with Crippen molar-refractivity contribution in [3.63, 3.8) is 0 Å². The zero-order chi connectivity index (χ0) is 28.9. The Hall–Kier alpha value is -4.67. The van der Waals surface area contributed by atoms with Gasteiger partial charge in [0, 0.05) is 35.5 Å². The van der Waals surface area contributed by atoms with E-state index in [1.165, 1.54) is 16.8 Å². The van der Waals surface area contributed by atoms with Crippen LogP contribution in [0.25, 0.3) is 11.3 Å². The number of rotatable bonds is 9. The lowest BCUT2D eigenvalue weighted by Crippen LogP contribution is -2.35. The number of nitrogens with one attached hydrogen (secondary N) is 3. The highest BCUT2D eigenvalue weighted by atomic mass is 16.5. The van der Waals surface area contributed by atoms with Gasteiger partial charge < -0.3 is 26.8 Å². The van der Waals surface area contributed by atoms with Gasteiger partial charge in [-0.2, -0.15) is 0 Å². The van der Waals surface area contributed by atoms with Crippen molar-refractivity contribution in [2.24, 2.45) is 11.1 Å². The van der Waals surface area contributed by atoms with Crippen LogP contribution in [-0.4, -0.2) is 33.3 Å². The highest BCUT2D eigenvalue weighted by Gasteiger charge is 2.24. The Morgan fingerprint density at radius 3 is 2.38 bits per heavy atom. The molecule has 39 heavy (non-hydrogen) atoms. The molecule has 0 saturated carbocycles. The molecular weight excluding hydrogens is 498 g/mol. The van der Waals surface area contributed by atoms with Crippen LogP contribution in [0.3, 0.4) is 0 Å². The molecule has 2 aromatic carbocycles. The van der Waals surface area contributed by atoms with Gasteiger partial charge in [0.05, 0.1) is 17.3 Å². The van der Waals surface area contributed by atoms with E-state index in [1.54, 1.807) is 57.2 Å². The molecule has 7 N–H and O–H groups in total. The SMILES string of the molecule is CC(C)Nc1ncc(-c2cc(N)cc(OC(=O)C(C)(C)C)c2)n(CC(=O)NCc2ccc(C(=N)N)cc2)c1=O. The summed E-state index contributed by atoms with van der Waals surface area (Å²) in [4.78, 5) is 43.1. The van der Waals surface area contributed by atoms with Crippen LogP contribution in [0.2, 0.25) is 0 Å². The Morgan fingerprint density at radius 1 is 1.13 bits per heavy atom. The van der Waals surface area contributed by atoms with Gasteiger partial charge in [-0.1, -0.05) is 24.3 Å². The number of hydrogen-bond donors (Lipinski definition) is 5. The first-order valence-corrected chi connectivity index (χ1v) is 12.4. The van der Waals surface area contributed by atoms with Crippen molar-refractivity contribution < 1.29 is 14.3 Å². The third-order valence-electron chi connectivity index (χ3n) is 5.58. The maximum atomic E-state index is 13.4. The fraction of sp³-hybridized carbons (Fsp3) is 0.321. The first kappa shape index (κ1) is 28.9. The predicted octanol–water partition coefficient (Wildman–Crippen LogP) is 2.86. The Balaban J connectivity index is 1.93. The molecule has 1 aromatic heterocycles. The number of anilines is 2. The molecule has 1 amide bonds. The van der Waals surface area contributed by atoms with Crippen molar-refractivity contribution >= 4 is 29.2 Å². The van der Waals surface area contributed by atoms with E-state index in [9.17, 15) is 14.4 Å². The molecule has 0 spiro atoms. The summed E-state index contributed by atoms with van der Waals surface area (Å²) in [5, 5.41) is 13.3. The number of amides is 1. The second kappa shape index (κ2) is 11.8. The van der Waals surface area contributed by atoms with Gasteiger partial charge in [-0.15, -0.1) is 0 Å². The summed E-state index contributed by atoms with van der Waals surface area (Å²) in [5.74, 6) is -0.573. The van der Waals surface area contributed by atoms with Gasteiger partial charge in [-0.3, -0.25) is 24.4 Å². The maximum Gasteiger partial charge on any atom is 0.316 e. The quantitative estimate of drug-likeness (QED) is 0.0916. The number of nitrogen functional groups attached to an aromatic ring is 2. The highest BCUT2D eigenvalue weighted by molar-refractivity contribution is 5.94. The molecule has 0 aliphatic heterocycles. The van der Waals surface area contributed by atoms with Crippen LogP contribution >= 0.6 is 0 Å². The van der Waals surface area contributed by atoms with Crippen molar-refractivity contribution in [2.45, 2.75) is 53.8 Å². The first-order valence-electron chi connectivity index (χ1n) is 12.4. The molecule has 3 aromatic rings. The zero-order valence-corrected chi connectivity index (χ0v) is 22.8. The Kier molecular flexibility index (Phi) is 8.74. The second-order valence-electron chi connectivity index (χ2n) is 10.5. The third-order valence-corrected chi connectivity index (χ3v) is 5.58. The summed E-state index contributed by atoms with van der Waals surface area (Å²) < 4.78 is 6.82. The first-order chi connectivity index (χ1) is 18.2. The standard InChI is InChI=1S/C28H35N7O4/c1-16(2)34-25-26(37)35(15-23(36)32-13-17-6-8-18(9-7-17)24(30)31)22(14-33-25)19-10-20(29)12-21(11-19)39-27(38)28(3,4)5/h6-12,14,16H,13,15,29H2,1-5H3,(H3,30,31)(H,32,36)(H,33,34). The number of carbonyl (C=O) groups is 2. The van der Waals surface area contributed by atoms with Gasteiger partial charge in [0.2, 0.25) is 5.91 Å². The summed E-state index contributed by atoms with van der Waals surface area (Å²) >= 11 is 0. The largest absolute Gasteiger partial charge is 0.426 e. The van der Waals surface area contributed by atoms with Crippen molar-refractivity contribution in [3.8, 4) is 17.0 Å². The van der Waals surface area contributed by atoms with Gasteiger partial charge in [0.15, 0.2) is 5.82 Å². The minimum atomic E-state index is -0.733. The van der Waals surface area contributed by atoms with Crippen molar-refractivity contribution in [2.75, 3.05) is 11.1 Å². The molecule has 0 unspecified atom stereocenters. The van der Waals surface area contributed by atoms with Crippen LogP contribution in [0.15, 0.2) is 53.5 Å². The van der Waals surface area contributed by atoms with E-state index in [1.807, 2.05) is 13.8 Å². The van der Waals surface area contributed by atoms with E-state index in [0.717, 1.165) is 5.56 Å². The molecule has 0 aliphatic rings. The molecule has 3 rings (SSSR count). The van der Waals surface area contributed by atoms with Gasteiger partial charge in [0.1, 0.15) is 18.1 Å². The van der Waals surface area contributed by atoms with E-state index in [0.29, 0.717) is 22.5 Å². The Morgan fingerprint density at radius 2 is 1.79 bits per heavy atom. The van der Waals surface area contributed by atoms with Crippen LogP contribution in [-0.2, 0) is 22.7 Å². The minimum Gasteiger partial charge on any atom is -0.426 e. The number of esters is 1.